The molecule has 3 aromatic rings. The highest BCUT2D eigenvalue weighted by Gasteiger charge is 2.18. The van der Waals surface area contributed by atoms with Crippen LogP contribution in [-0.4, -0.2) is 60.0 Å². The van der Waals surface area contributed by atoms with Gasteiger partial charge >= 0.3 is 0 Å². The van der Waals surface area contributed by atoms with Gasteiger partial charge in [0.1, 0.15) is 35.7 Å². The summed E-state index contributed by atoms with van der Waals surface area (Å²) in [5.41, 5.74) is 0.750. The standard InChI is InChI=1S/C24H25BrClFN6O3/c1-5-18(34)32-23-17(36-11-13(2)30-19(35)10-33(3)4)9-6-14-22(23)28-12-29-24(14)31-16-8-7-15(25)20(26)21(16)27/h5-9,12-13H,1,10-11H2,2-4H3,(H,30,35)(H,32,34)(H,28,29,31)/t13-/m1/s1. The Morgan fingerprint density at radius 3 is 2.72 bits per heavy atom. The summed E-state index contributed by atoms with van der Waals surface area (Å²) >= 11 is 9.19. The fraction of sp³-hybridized carbons (Fsp3) is 0.250. The highest BCUT2D eigenvalue weighted by molar-refractivity contribution is 9.10. The van der Waals surface area contributed by atoms with Gasteiger partial charge in [0.05, 0.1) is 23.3 Å². The first-order valence-electron chi connectivity index (χ1n) is 10.8. The Labute approximate surface area is 221 Å². The minimum atomic E-state index is -0.650. The van der Waals surface area contributed by atoms with Gasteiger partial charge in [-0.3, -0.25) is 9.59 Å². The van der Waals surface area contributed by atoms with Crippen molar-refractivity contribution in [3.63, 3.8) is 0 Å². The molecule has 0 aliphatic carbocycles. The first-order valence-corrected chi connectivity index (χ1v) is 12.0. The van der Waals surface area contributed by atoms with Crippen molar-refractivity contribution < 1.29 is 18.7 Å². The fourth-order valence-corrected chi connectivity index (χ4v) is 3.71. The summed E-state index contributed by atoms with van der Waals surface area (Å²) in [6.07, 6.45) is 2.40. The lowest BCUT2D eigenvalue weighted by molar-refractivity contribution is -0.122. The van der Waals surface area contributed by atoms with Gasteiger partial charge in [0, 0.05) is 9.86 Å². The monoisotopic (exact) mass is 578 g/mol. The number of amides is 2. The van der Waals surface area contributed by atoms with Crippen LogP contribution >= 0.6 is 27.5 Å². The Balaban J connectivity index is 1.93. The van der Waals surface area contributed by atoms with E-state index in [1.807, 2.05) is 0 Å². The molecule has 2 amide bonds. The molecule has 1 aromatic heterocycles. The van der Waals surface area contributed by atoms with Crippen molar-refractivity contribution >= 4 is 67.4 Å². The van der Waals surface area contributed by atoms with Crippen LogP contribution in [0.3, 0.4) is 0 Å². The van der Waals surface area contributed by atoms with E-state index in [0.29, 0.717) is 26.9 Å². The lowest BCUT2D eigenvalue weighted by Gasteiger charge is -2.19. The second-order valence-corrected chi connectivity index (χ2v) is 9.35. The number of rotatable bonds is 10. The maximum Gasteiger partial charge on any atom is 0.247 e. The van der Waals surface area contributed by atoms with E-state index >= 15 is 0 Å². The number of anilines is 3. The highest BCUT2D eigenvalue weighted by atomic mass is 79.9. The summed E-state index contributed by atoms with van der Waals surface area (Å²) in [6, 6.07) is 6.14. The van der Waals surface area contributed by atoms with Gasteiger partial charge in [-0.1, -0.05) is 18.2 Å². The number of benzene rings is 2. The maximum absolute atomic E-state index is 14.7. The molecule has 2 aromatic carbocycles. The summed E-state index contributed by atoms with van der Waals surface area (Å²) < 4.78 is 21.0. The first-order chi connectivity index (χ1) is 17.1. The summed E-state index contributed by atoms with van der Waals surface area (Å²) in [4.78, 5) is 34.5. The van der Waals surface area contributed by atoms with Crippen molar-refractivity contribution in [2.45, 2.75) is 13.0 Å². The van der Waals surface area contributed by atoms with Crippen molar-refractivity contribution in [2.75, 3.05) is 37.9 Å². The van der Waals surface area contributed by atoms with Gasteiger partial charge in [-0.05, 0) is 67.3 Å². The van der Waals surface area contributed by atoms with Gasteiger partial charge < -0.3 is 25.6 Å². The second-order valence-electron chi connectivity index (χ2n) is 8.12. The van der Waals surface area contributed by atoms with Crippen molar-refractivity contribution in [1.82, 2.24) is 20.2 Å². The van der Waals surface area contributed by atoms with Crippen molar-refractivity contribution in [1.29, 1.82) is 0 Å². The minimum absolute atomic E-state index is 0.0697. The topological polar surface area (TPSA) is 108 Å². The van der Waals surface area contributed by atoms with Gasteiger partial charge in [-0.15, -0.1) is 0 Å². The molecule has 0 aliphatic heterocycles. The van der Waals surface area contributed by atoms with E-state index in [4.69, 9.17) is 16.3 Å². The molecule has 0 fully saturated rings. The molecule has 0 saturated heterocycles. The van der Waals surface area contributed by atoms with Crippen molar-refractivity contribution in [3.8, 4) is 5.75 Å². The third kappa shape index (κ3) is 6.68. The largest absolute Gasteiger partial charge is 0.489 e. The van der Waals surface area contributed by atoms with Crippen LogP contribution in [0, 0.1) is 5.82 Å². The number of halogens is 3. The molecule has 190 valence electrons. The van der Waals surface area contributed by atoms with Crippen LogP contribution < -0.4 is 20.7 Å². The molecule has 1 atom stereocenters. The Kier molecular flexibility index (Phi) is 9.19. The van der Waals surface area contributed by atoms with Crippen LogP contribution in [0.4, 0.5) is 21.6 Å². The molecule has 0 radical (unpaired) electrons. The Bertz CT molecular complexity index is 1310. The quantitative estimate of drug-likeness (QED) is 0.240. The summed E-state index contributed by atoms with van der Waals surface area (Å²) in [6.45, 7) is 5.68. The average molecular weight is 580 g/mol. The molecular weight excluding hydrogens is 555 g/mol. The van der Waals surface area contributed by atoms with E-state index in [2.05, 4.69) is 48.4 Å². The molecule has 0 bridgehead atoms. The SMILES string of the molecule is C=CC(=O)Nc1c(OC[C@@H](C)NC(=O)CN(C)C)ccc2c(Nc3ccc(Br)c(Cl)c3F)ncnc12. The normalized spacial score (nSPS) is 11.8. The van der Waals surface area contributed by atoms with Gasteiger partial charge in [0.2, 0.25) is 11.8 Å². The number of likely N-dealkylation sites (N-methyl/N-ethyl adjacent to an activating group) is 1. The van der Waals surface area contributed by atoms with Crippen LogP contribution in [0.5, 0.6) is 5.75 Å². The predicted octanol–water partition coefficient (Wildman–Crippen LogP) is 4.50. The average Bonchev–Trinajstić information content (AvgIpc) is 2.83. The number of hydrogen-bond acceptors (Lipinski definition) is 7. The van der Waals surface area contributed by atoms with E-state index in [-0.39, 0.29) is 41.5 Å². The predicted molar refractivity (Wildman–Crippen MR) is 142 cm³/mol. The van der Waals surface area contributed by atoms with Gasteiger partial charge in [-0.25, -0.2) is 14.4 Å². The van der Waals surface area contributed by atoms with Crippen LogP contribution in [0.2, 0.25) is 5.02 Å². The molecule has 0 saturated carbocycles. The van der Waals surface area contributed by atoms with Gasteiger partial charge in [0.25, 0.3) is 0 Å². The number of nitrogens with zero attached hydrogens (tertiary/aromatic N) is 3. The lowest BCUT2D eigenvalue weighted by atomic mass is 10.1. The molecule has 12 heteroatoms. The molecule has 36 heavy (non-hydrogen) atoms. The van der Waals surface area contributed by atoms with Gasteiger partial charge in [0.15, 0.2) is 5.82 Å². The number of carbonyl (C=O) groups is 2. The van der Waals surface area contributed by atoms with E-state index < -0.39 is 11.7 Å². The van der Waals surface area contributed by atoms with Crippen LogP contribution in [-0.2, 0) is 9.59 Å². The Hall–Kier alpha value is -3.28. The molecule has 1 heterocycles. The number of hydrogen-bond donors (Lipinski definition) is 3. The Morgan fingerprint density at radius 1 is 1.28 bits per heavy atom. The second kappa shape index (κ2) is 12.1. The van der Waals surface area contributed by atoms with E-state index in [0.717, 1.165) is 6.08 Å². The molecule has 3 rings (SSSR count). The smallest absolute Gasteiger partial charge is 0.247 e. The van der Waals surface area contributed by atoms with Crippen LogP contribution in [0.25, 0.3) is 10.9 Å². The fourth-order valence-electron chi connectivity index (χ4n) is 3.24. The molecule has 3 N–H and O–H groups in total. The zero-order valence-electron chi connectivity index (χ0n) is 19.9. The van der Waals surface area contributed by atoms with E-state index in [1.54, 1.807) is 44.1 Å². The molecule has 9 nitrogen and oxygen atoms in total. The first kappa shape index (κ1) is 27.3. The Morgan fingerprint density at radius 2 is 2.03 bits per heavy atom. The summed E-state index contributed by atoms with van der Waals surface area (Å²) in [5, 5.41) is 8.92. The highest BCUT2D eigenvalue weighted by Crippen LogP contribution is 2.37. The number of nitrogens with one attached hydrogen (secondary N) is 3. The molecule has 0 spiro atoms. The number of fused-ring (bicyclic) bond motifs is 1. The zero-order valence-corrected chi connectivity index (χ0v) is 22.2. The number of ether oxygens (including phenoxy) is 1. The van der Waals surface area contributed by atoms with Crippen molar-refractivity contribution in [3.05, 3.63) is 58.6 Å². The molecule has 0 aliphatic rings. The van der Waals surface area contributed by atoms with Crippen LogP contribution in [0.1, 0.15) is 6.92 Å². The zero-order chi connectivity index (χ0) is 26.4. The number of aromatic nitrogens is 2. The molecule has 0 unspecified atom stereocenters. The third-order valence-electron chi connectivity index (χ3n) is 4.85. The lowest BCUT2D eigenvalue weighted by Crippen LogP contribution is -2.41. The van der Waals surface area contributed by atoms with Gasteiger partial charge in [-0.2, -0.15) is 0 Å². The van der Waals surface area contributed by atoms with E-state index in [9.17, 15) is 14.0 Å². The van der Waals surface area contributed by atoms with Crippen molar-refractivity contribution in [2.24, 2.45) is 0 Å². The minimum Gasteiger partial charge on any atom is -0.489 e. The maximum atomic E-state index is 14.7. The summed E-state index contributed by atoms with van der Waals surface area (Å²) in [7, 11) is 3.60. The van der Waals surface area contributed by atoms with Crippen LogP contribution in [0.15, 0.2) is 47.7 Å². The molecular formula is C24H25BrClFN6O3. The third-order valence-corrected chi connectivity index (χ3v) is 6.11. The summed E-state index contributed by atoms with van der Waals surface area (Å²) in [5.74, 6) is -0.642. The number of carbonyl (C=O) groups excluding carboxylic acids is 2. The van der Waals surface area contributed by atoms with E-state index in [1.165, 1.54) is 12.4 Å².